The standard InChI is InChI=1S/C43H39N5O8/c1-52-37-17-33-35(45-21-31-15-28(23-47(31)41(33)49)25-5-7-27(8-6-25)43(51)54-3)19-39(37)55-13-4-14-56-40-20-36-34(18-38(40)53-2)42(50)48-24-29(16-32(48)22-46-36)26-9-11-30(44)12-10-26/h5-12,17-24,31-32H,4,13-16,44H2,1-3H3/t31-,32?/m0/s1. The van der Waals surface area contributed by atoms with Crippen LogP contribution in [0.25, 0.3) is 11.1 Å². The Kier molecular flexibility index (Phi) is 9.73. The molecule has 2 amide bonds. The van der Waals surface area contributed by atoms with Crippen LogP contribution in [-0.4, -0.2) is 86.6 Å². The van der Waals surface area contributed by atoms with Crippen LogP contribution in [0.1, 0.15) is 61.5 Å². The highest BCUT2D eigenvalue weighted by Crippen LogP contribution is 2.42. The molecule has 0 spiro atoms. The number of esters is 1. The van der Waals surface area contributed by atoms with Crippen molar-refractivity contribution in [3.8, 4) is 23.0 Å². The van der Waals surface area contributed by atoms with Gasteiger partial charge in [0.15, 0.2) is 23.0 Å². The van der Waals surface area contributed by atoms with Crippen LogP contribution < -0.4 is 24.7 Å². The molecule has 13 heteroatoms. The smallest absolute Gasteiger partial charge is 0.337 e. The Morgan fingerprint density at radius 2 is 1.14 bits per heavy atom. The van der Waals surface area contributed by atoms with Crippen molar-refractivity contribution in [2.24, 2.45) is 9.98 Å². The minimum absolute atomic E-state index is 0.169. The molecule has 4 aromatic rings. The van der Waals surface area contributed by atoms with Gasteiger partial charge in [-0.05, 0) is 58.7 Å². The van der Waals surface area contributed by atoms with Gasteiger partial charge in [-0.1, -0.05) is 24.3 Å². The number of fused-ring (bicyclic) bond motifs is 4. The van der Waals surface area contributed by atoms with Gasteiger partial charge in [-0.3, -0.25) is 19.6 Å². The monoisotopic (exact) mass is 753 g/mol. The van der Waals surface area contributed by atoms with Crippen LogP contribution >= 0.6 is 0 Å². The largest absolute Gasteiger partial charge is 0.493 e. The number of carbonyl (C=O) groups is 3. The average Bonchev–Trinajstić information content (AvgIpc) is 3.80. The lowest BCUT2D eigenvalue weighted by molar-refractivity contribution is 0.0600. The molecule has 56 heavy (non-hydrogen) atoms. The molecule has 0 aromatic heterocycles. The summed E-state index contributed by atoms with van der Waals surface area (Å²) in [6, 6.07) is 21.0. The number of hydrogen-bond donors (Lipinski definition) is 1. The molecule has 4 aromatic carbocycles. The van der Waals surface area contributed by atoms with E-state index in [1.165, 1.54) is 21.3 Å². The summed E-state index contributed by atoms with van der Waals surface area (Å²) < 4.78 is 28.3. The summed E-state index contributed by atoms with van der Waals surface area (Å²) >= 11 is 0. The van der Waals surface area contributed by atoms with Crippen molar-refractivity contribution in [2.45, 2.75) is 31.3 Å². The van der Waals surface area contributed by atoms with Gasteiger partial charge < -0.3 is 39.2 Å². The number of methoxy groups -OCH3 is 3. The molecule has 0 aliphatic carbocycles. The van der Waals surface area contributed by atoms with Crippen molar-refractivity contribution in [1.82, 2.24) is 9.80 Å². The molecular weight excluding hydrogens is 714 g/mol. The molecule has 2 atom stereocenters. The van der Waals surface area contributed by atoms with Gasteiger partial charge >= 0.3 is 5.97 Å². The predicted octanol–water partition coefficient (Wildman–Crippen LogP) is 6.86. The number of nitrogens with zero attached hydrogens (tertiary/aromatic N) is 4. The molecule has 0 bridgehead atoms. The van der Waals surface area contributed by atoms with E-state index in [1.807, 2.05) is 48.8 Å². The van der Waals surface area contributed by atoms with Gasteiger partial charge in [-0.2, -0.15) is 0 Å². The molecule has 0 saturated heterocycles. The SMILES string of the molecule is COC(=O)c1ccc(C2=CN3C(=O)c4cc(OC)c(OCCCOc5cc6c(cc5OC)C(=O)N5C=C(c7ccc(N)cc7)CC5C=N6)cc4N=C[C@@H]3C2)cc1. The maximum absolute atomic E-state index is 13.8. The van der Waals surface area contributed by atoms with Crippen LogP contribution in [0, 0.1) is 0 Å². The number of rotatable bonds is 11. The van der Waals surface area contributed by atoms with Crippen LogP contribution in [0.3, 0.4) is 0 Å². The first kappa shape index (κ1) is 36.1. The Morgan fingerprint density at radius 3 is 1.59 bits per heavy atom. The van der Waals surface area contributed by atoms with Crippen LogP contribution in [0.15, 0.2) is 95.2 Å². The molecule has 0 radical (unpaired) electrons. The van der Waals surface area contributed by atoms with E-state index in [1.54, 1.807) is 58.6 Å². The average molecular weight is 754 g/mol. The molecule has 2 N–H and O–H groups in total. The number of nitrogen functional groups attached to an aromatic ring is 1. The summed E-state index contributed by atoms with van der Waals surface area (Å²) in [5.41, 5.74) is 12.7. The molecule has 13 nitrogen and oxygen atoms in total. The number of nitrogens with two attached hydrogens (primary N) is 1. The maximum Gasteiger partial charge on any atom is 0.337 e. The second-order valence-corrected chi connectivity index (χ2v) is 13.6. The number of carbonyl (C=O) groups excluding carboxylic acids is 3. The Hall–Kier alpha value is -6.89. The highest BCUT2D eigenvalue weighted by molar-refractivity contribution is 6.06. The van der Waals surface area contributed by atoms with Crippen molar-refractivity contribution in [2.75, 3.05) is 40.3 Å². The lowest BCUT2D eigenvalue weighted by Crippen LogP contribution is -2.32. The minimum atomic E-state index is -0.406. The molecule has 0 fully saturated rings. The van der Waals surface area contributed by atoms with Gasteiger partial charge in [0.1, 0.15) is 0 Å². The summed E-state index contributed by atoms with van der Waals surface area (Å²) in [6.07, 6.45) is 9.00. The van der Waals surface area contributed by atoms with Crippen LogP contribution in [0.4, 0.5) is 17.1 Å². The summed E-state index contributed by atoms with van der Waals surface area (Å²) in [4.78, 5) is 52.1. The first-order valence-electron chi connectivity index (χ1n) is 18.1. The third-order valence-electron chi connectivity index (χ3n) is 10.2. The summed E-state index contributed by atoms with van der Waals surface area (Å²) in [5, 5.41) is 0. The summed E-state index contributed by atoms with van der Waals surface area (Å²) in [5.74, 6) is 0.950. The number of hydrogen-bond acceptors (Lipinski definition) is 11. The molecule has 4 aliphatic heterocycles. The normalized spacial score (nSPS) is 17.8. The van der Waals surface area contributed by atoms with E-state index in [4.69, 9.17) is 29.4 Å². The highest BCUT2D eigenvalue weighted by atomic mass is 16.5. The van der Waals surface area contributed by atoms with E-state index in [-0.39, 0.29) is 37.1 Å². The zero-order valence-corrected chi connectivity index (χ0v) is 31.1. The highest BCUT2D eigenvalue weighted by Gasteiger charge is 2.35. The Balaban J connectivity index is 0.905. The number of ether oxygens (including phenoxy) is 5. The summed E-state index contributed by atoms with van der Waals surface area (Å²) in [7, 11) is 4.40. The number of aliphatic imine (C=N–C) groups is 2. The molecule has 4 aliphatic rings. The van der Waals surface area contributed by atoms with Crippen LogP contribution in [0.2, 0.25) is 0 Å². The van der Waals surface area contributed by atoms with Crippen molar-refractivity contribution in [1.29, 1.82) is 0 Å². The van der Waals surface area contributed by atoms with Gasteiger partial charge in [0, 0.05) is 61.9 Å². The lowest BCUT2D eigenvalue weighted by Gasteiger charge is -2.19. The zero-order chi connectivity index (χ0) is 38.9. The van der Waals surface area contributed by atoms with E-state index in [9.17, 15) is 14.4 Å². The molecule has 1 unspecified atom stereocenters. The van der Waals surface area contributed by atoms with Gasteiger partial charge in [-0.15, -0.1) is 0 Å². The molecule has 8 rings (SSSR count). The fraction of sp³-hybridized carbons (Fsp3) is 0.233. The van der Waals surface area contributed by atoms with Crippen LogP contribution in [-0.2, 0) is 4.74 Å². The Labute approximate surface area is 323 Å². The van der Waals surface area contributed by atoms with Crippen molar-refractivity contribution < 1.29 is 38.1 Å². The third kappa shape index (κ3) is 6.83. The van der Waals surface area contributed by atoms with Gasteiger partial charge in [0.05, 0.1) is 74.7 Å². The van der Waals surface area contributed by atoms with E-state index in [0.29, 0.717) is 76.0 Å². The quantitative estimate of drug-likeness (QED) is 0.0983. The van der Waals surface area contributed by atoms with Crippen molar-refractivity contribution in [3.63, 3.8) is 0 Å². The number of amides is 2. The first-order valence-corrected chi connectivity index (χ1v) is 18.1. The van der Waals surface area contributed by atoms with Crippen molar-refractivity contribution >= 4 is 58.4 Å². The minimum Gasteiger partial charge on any atom is -0.493 e. The Morgan fingerprint density at radius 1 is 0.679 bits per heavy atom. The van der Waals surface area contributed by atoms with Gasteiger partial charge in [0.25, 0.3) is 11.8 Å². The van der Waals surface area contributed by atoms with E-state index < -0.39 is 5.97 Å². The molecule has 284 valence electrons. The zero-order valence-electron chi connectivity index (χ0n) is 31.1. The van der Waals surface area contributed by atoms with E-state index in [2.05, 4.69) is 9.98 Å². The second kappa shape index (κ2) is 15.1. The van der Waals surface area contributed by atoms with E-state index in [0.717, 1.165) is 22.3 Å². The van der Waals surface area contributed by atoms with E-state index >= 15 is 0 Å². The molecule has 4 heterocycles. The topological polar surface area (TPSA) is 155 Å². The lowest BCUT2D eigenvalue weighted by atomic mass is 10.0. The number of benzene rings is 4. The van der Waals surface area contributed by atoms with Gasteiger partial charge in [0.2, 0.25) is 0 Å². The third-order valence-corrected chi connectivity index (χ3v) is 10.2. The van der Waals surface area contributed by atoms with Crippen molar-refractivity contribution in [3.05, 3.63) is 113 Å². The molecular formula is C43H39N5O8. The fourth-order valence-electron chi connectivity index (χ4n) is 7.20. The first-order chi connectivity index (χ1) is 27.2. The fourth-order valence-corrected chi connectivity index (χ4v) is 7.20. The second-order valence-electron chi connectivity index (χ2n) is 13.6. The summed E-state index contributed by atoms with van der Waals surface area (Å²) in [6.45, 7) is 0.571. The predicted molar refractivity (Wildman–Crippen MR) is 212 cm³/mol. The Bertz CT molecular complexity index is 2350. The number of anilines is 1. The van der Waals surface area contributed by atoms with Crippen LogP contribution in [0.5, 0.6) is 23.0 Å². The van der Waals surface area contributed by atoms with Gasteiger partial charge in [-0.25, -0.2) is 4.79 Å². The molecule has 0 saturated carbocycles. The maximum atomic E-state index is 13.8.